The van der Waals surface area contributed by atoms with Crippen molar-refractivity contribution in [1.82, 2.24) is 4.98 Å². The van der Waals surface area contributed by atoms with Gasteiger partial charge in [-0.2, -0.15) is 0 Å². The number of hydrogen-bond donors (Lipinski definition) is 0. The normalized spacial score (nSPS) is 11.5. The van der Waals surface area contributed by atoms with Crippen LogP contribution >= 0.6 is 34.0 Å². The van der Waals surface area contributed by atoms with Crippen molar-refractivity contribution in [2.75, 3.05) is 0 Å². The quantitative estimate of drug-likeness (QED) is 0.212. The molecule has 0 aromatic carbocycles. The first-order chi connectivity index (χ1) is 15.2. The standard InChI is InChI=1S/C27H39NS3/c1-5-9-11-13-15-20-18-29-25(22(20)7-3)24-17-28-27(31-24)26-23(8-4)21(19-30-26)16-14-12-10-6-2/h17-19H,5-16H2,1-4H3. The molecule has 3 heterocycles. The molecular weight excluding hydrogens is 435 g/mol. The van der Waals surface area contributed by atoms with E-state index in [-0.39, 0.29) is 0 Å². The second kappa shape index (κ2) is 12.9. The Balaban J connectivity index is 1.76. The smallest absolute Gasteiger partial charge is 0.134 e. The van der Waals surface area contributed by atoms with Gasteiger partial charge in [0.05, 0.1) is 9.75 Å². The van der Waals surface area contributed by atoms with Gasteiger partial charge < -0.3 is 0 Å². The van der Waals surface area contributed by atoms with E-state index < -0.39 is 0 Å². The van der Waals surface area contributed by atoms with E-state index in [0.29, 0.717) is 0 Å². The lowest BCUT2D eigenvalue weighted by atomic mass is 10.0. The van der Waals surface area contributed by atoms with Gasteiger partial charge in [0.2, 0.25) is 0 Å². The van der Waals surface area contributed by atoms with Crippen LogP contribution < -0.4 is 0 Å². The van der Waals surface area contributed by atoms with Gasteiger partial charge >= 0.3 is 0 Å². The molecule has 170 valence electrons. The minimum Gasteiger partial charge on any atom is -0.243 e. The summed E-state index contributed by atoms with van der Waals surface area (Å²) in [5.74, 6) is 0. The third-order valence-electron chi connectivity index (χ3n) is 6.19. The van der Waals surface area contributed by atoms with Gasteiger partial charge in [-0.05, 0) is 71.5 Å². The van der Waals surface area contributed by atoms with Crippen molar-refractivity contribution >= 4 is 34.0 Å². The van der Waals surface area contributed by atoms with Crippen LogP contribution in [0.15, 0.2) is 17.0 Å². The molecule has 0 saturated heterocycles. The van der Waals surface area contributed by atoms with Gasteiger partial charge in [-0.25, -0.2) is 4.98 Å². The van der Waals surface area contributed by atoms with Crippen molar-refractivity contribution in [2.45, 2.75) is 105 Å². The molecule has 0 unspecified atom stereocenters. The monoisotopic (exact) mass is 473 g/mol. The molecule has 4 heteroatoms. The Labute approximate surface area is 202 Å². The van der Waals surface area contributed by atoms with Gasteiger partial charge in [-0.1, -0.05) is 66.2 Å². The Bertz CT molecular complexity index is 842. The molecule has 0 radical (unpaired) electrons. The van der Waals surface area contributed by atoms with Crippen LogP contribution in [0, 0.1) is 0 Å². The first-order valence-corrected chi connectivity index (χ1v) is 15.0. The molecule has 0 bridgehead atoms. The largest absolute Gasteiger partial charge is 0.243 e. The zero-order valence-corrected chi connectivity index (χ0v) is 22.3. The summed E-state index contributed by atoms with van der Waals surface area (Å²) in [6.07, 6.45) is 17.5. The lowest BCUT2D eigenvalue weighted by Crippen LogP contribution is -1.90. The molecule has 0 amide bonds. The summed E-state index contributed by atoms with van der Waals surface area (Å²) in [7, 11) is 0. The summed E-state index contributed by atoms with van der Waals surface area (Å²) in [5.41, 5.74) is 6.25. The molecule has 0 N–H and O–H groups in total. The molecule has 0 atom stereocenters. The van der Waals surface area contributed by atoms with Crippen LogP contribution in [-0.2, 0) is 25.7 Å². The Kier molecular flexibility index (Phi) is 10.3. The zero-order valence-electron chi connectivity index (χ0n) is 19.9. The number of thiophene rings is 2. The Morgan fingerprint density at radius 1 is 0.677 bits per heavy atom. The minimum atomic E-state index is 1.11. The Morgan fingerprint density at radius 3 is 1.77 bits per heavy atom. The lowest BCUT2D eigenvalue weighted by molar-refractivity contribution is 0.665. The third-order valence-corrected chi connectivity index (χ3v) is 9.66. The van der Waals surface area contributed by atoms with Crippen LogP contribution in [0.2, 0.25) is 0 Å². The molecule has 0 fully saturated rings. The first-order valence-electron chi connectivity index (χ1n) is 12.4. The highest BCUT2D eigenvalue weighted by molar-refractivity contribution is 7.25. The maximum Gasteiger partial charge on any atom is 0.134 e. The van der Waals surface area contributed by atoms with E-state index in [1.54, 1.807) is 22.3 Å². The highest BCUT2D eigenvalue weighted by Crippen LogP contribution is 2.42. The van der Waals surface area contributed by atoms with Crippen LogP contribution in [0.25, 0.3) is 19.6 Å². The Morgan fingerprint density at radius 2 is 1.23 bits per heavy atom. The second-order valence-corrected chi connectivity index (χ2v) is 11.3. The second-order valence-electron chi connectivity index (χ2n) is 8.50. The molecule has 31 heavy (non-hydrogen) atoms. The van der Waals surface area contributed by atoms with Crippen LogP contribution in [0.5, 0.6) is 0 Å². The summed E-state index contributed by atoms with van der Waals surface area (Å²) in [4.78, 5) is 9.14. The fraction of sp³-hybridized carbons (Fsp3) is 0.593. The number of rotatable bonds is 14. The van der Waals surface area contributed by atoms with Crippen molar-refractivity contribution in [3.63, 3.8) is 0 Å². The summed E-state index contributed by atoms with van der Waals surface area (Å²) >= 11 is 5.74. The summed E-state index contributed by atoms with van der Waals surface area (Å²) < 4.78 is 0. The molecule has 0 aliphatic heterocycles. The highest BCUT2D eigenvalue weighted by atomic mass is 32.1. The fourth-order valence-electron chi connectivity index (χ4n) is 4.39. The fourth-order valence-corrected chi connectivity index (χ4v) is 7.97. The van der Waals surface area contributed by atoms with E-state index in [1.807, 2.05) is 34.0 Å². The van der Waals surface area contributed by atoms with Gasteiger partial charge in [-0.15, -0.1) is 34.0 Å². The highest BCUT2D eigenvalue weighted by Gasteiger charge is 2.18. The van der Waals surface area contributed by atoms with Crippen molar-refractivity contribution in [2.24, 2.45) is 0 Å². The topological polar surface area (TPSA) is 12.9 Å². The first kappa shape index (κ1) is 24.7. The molecule has 0 saturated carbocycles. The van der Waals surface area contributed by atoms with Crippen molar-refractivity contribution < 1.29 is 0 Å². The Hall–Kier alpha value is -0.970. The van der Waals surface area contributed by atoms with Crippen LogP contribution in [0.1, 0.15) is 101 Å². The number of thiazole rings is 1. The number of aromatic nitrogens is 1. The van der Waals surface area contributed by atoms with Gasteiger partial charge in [0, 0.05) is 11.1 Å². The maximum atomic E-state index is 4.90. The SMILES string of the molecule is CCCCCCc1csc(-c2cnc(-c3scc(CCCCCC)c3CC)s2)c1CC. The molecule has 0 spiro atoms. The molecule has 3 aromatic heterocycles. The lowest BCUT2D eigenvalue weighted by Gasteiger charge is -2.05. The number of unbranched alkanes of at least 4 members (excludes halogenated alkanes) is 6. The van der Waals surface area contributed by atoms with Crippen molar-refractivity contribution in [1.29, 1.82) is 0 Å². The van der Waals surface area contributed by atoms with Gasteiger partial charge in [0.25, 0.3) is 0 Å². The van der Waals surface area contributed by atoms with E-state index in [9.17, 15) is 0 Å². The van der Waals surface area contributed by atoms with E-state index >= 15 is 0 Å². The summed E-state index contributed by atoms with van der Waals surface area (Å²) in [6.45, 7) is 9.18. The maximum absolute atomic E-state index is 4.90. The molecule has 1 nitrogen and oxygen atoms in total. The predicted molar refractivity (Wildman–Crippen MR) is 143 cm³/mol. The summed E-state index contributed by atoms with van der Waals surface area (Å²) in [6, 6.07) is 0. The van der Waals surface area contributed by atoms with Crippen molar-refractivity contribution in [3.05, 3.63) is 39.2 Å². The average molecular weight is 474 g/mol. The van der Waals surface area contributed by atoms with Crippen LogP contribution in [0.3, 0.4) is 0 Å². The summed E-state index contributed by atoms with van der Waals surface area (Å²) in [5, 5.41) is 6.03. The van der Waals surface area contributed by atoms with Gasteiger partial charge in [0.15, 0.2) is 0 Å². The molecule has 3 rings (SSSR count). The average Bonchev–Trinajstić information content (AvgIpc) is 3.51. The predicted octanol–water partition coefficient (Wildman–Crippen LogP) is 9.97. The molecule has 3 aromatic rings. The van der Waals surface area contributed by atoms with E-state index in [1.165, 1.54) is 83.8 Å². The molecule has 0 aliphatic rings. The third kappa shape index (κ3) is 6.30. The van der Waals surface area contributed by atoms with E-state index in [0.717, 1.165) is 12.8 Å². The molecular formula is C27H39NS3. The van der Waals surface area contributed by atoms with E-state index in [2.05, 4.69) is 44.7 Å². The van der Waals surface area contributed by atoms with Gasteiger partial charge in [-0.3, -0.25) is 0 Å². The van der Waals surface area contributed by atoms with E-state index in [4.69, 9.17) is 4.98 Å². The van der Waals surface area contributed by atoms with Gasteiger partial charge in [0.1, 0.15) is 5.01 Å². The van der Waals surface area contributed by atoms with Crippen LogP contribution in [-0.4, -0.2) is 4.98 Å². The number of nitrogens with zero attached hydrogens (tertiary/aromatic N) is 1. The van der Waals surface area contributed by atoms with Crippen molar-refractivity contribution in [3.8, 4) is 19.6 Å². The molecule has 0 aliphatic carbocycles. The number of hydrogen-bond acceptors (Lipinski definition) is 4. The zero-order chi connectivity index (χ0) is 22.1. The minimum absolute atomic E-state index is 1.11. The number of aryl methyl sites for hydroxylation is 2. The van der Waals surface area contributed by atoms with Crippen LogP contribution in [0.4, 0.5) is 0 Å².